The molecule has 0 saturated heterocycles. The number of H-pyrrole nitrogens is 1. The summed E-state index contributed by atoms with van der Waals surface area (Å²) in [7, 11) is 0. The SMILES string of the molecule is Cc1cccc(-c2c[nH]c(C=O)c2)c1. The Morgan fingerprint density at radius 3 is 2.71 bits per heavy atom. The fourth-order valence-electron chi connectivity index (χ4n) is 1.47. The van der Waals surface area contributed by atoms with E-state index in [0.29, 0.717) is 5.69 Å². The van der Waals surface area contributed by atoms with Crippen LogP contribution in [0.15, 0.2) is 36.5 Å². The molecule has 1 aromatic carbocycles. The normalized spacial score (nSPS) is 10.1. The summed E-state index contributed by atoms with van der Waals surface area (Å²) in [6, 6.07) is 10.0. The molecule has 1 heterocycles. The topological polar surface area (TPSA) is 32.9 Å². The van der Waals surface area contributed by atoms with Gasteiger partial charge in [0.05, 0.1) is 5.69 Å². The highest BCUT2D eigenvalue weighted by molar-refractivity contribution is 5.77. The number of aromatic amines is 1. The monoisotopic (exact) mass is 185 g/mol. The number of aromatic nitrogens is 1. The van der Waals surface area contributed by atoms with Crippen LogP contribution in [-0.4, -0.2) is 11.3 Å². The quantitative estimate of drug-likeness (QED) is 0.717. The van der Waals surface area contributed by atoms with Gasteiger partial charge in [-0.25, -0.2) is 0 Å². The maximum Gasteiger partial charge on any atom is 0.166 e. The molecule has 0 spiro atoms. The Labute approximate surface area is 82.6 Å². The molecule has 2 nitrogen and oxygen atoms in total. The maximum absolute atomic E-state index is 10.5. The highest BCUT2D eigenvalue weighted by atomic mass is 16.1. The smallest absolute Gasteiger partial charge is 0.166 e. The molecular formula is C12H11NO. The molecular weight excluding hydrogens is 174 g/mol. The molecule has 0 aliphatic carbocycles. The summed E-state index contributed by atoms with van der Waals surface area (Å²) in [5.74, 6) is 0. The summed E-state index contributed by atoms with van der Waals surface area (Å²) in [5.41, 5.74) is 4.02. The van der Waals surface area contributed by atoms with Gasteiger partial charge in [0, 0.05) is 6.20 Å². The van der Waals surface area contributed by atoms with Crippen LogP contribution >= 0.6 is 0 Å². The molecule has 0 bridgehead atoms. The summed E-state index contributed by atoms with van der Waals surface area (Å²) in [6.45, 7) is 2.05. The number of nitrogens with one attached hydrogen (secondary N) is 1. The van der Waals surface area contributed by atoms with Gasteiger partial charge in [0.1, 0.15) is 0 Å². The summed E-state index contributed by atoms with van der Waals surface area (Å²) >= 11 is 0. The molecule has 14 heavy (non-hydrogen) atoms. The minimum atomic E-state index is 0.613. The lowest BCUT2D eigenvalue weighted by molar-refractivity contribution is 0.111. The highest BCUT2D eigenvalue weighted by Gasteiger charge is 2.00. The van der Waals surface area contributed by atoms with Gasteiger partial charge in [-0.1, -0.05) is 29.8 Å². The van der Waals surface area contributed by atoms with E-state index in [1.54, 1.807) is 0 Å². The van der Waals surface area contributed by atoms with Crippen molar-refractivity contribution < 1.29 is 4.79 Å². The van der Waals surface area contributed by atoms with Crippen molar-refractivity contribution in [2.45, 2.75) is 6.92 Å². The molecule has 0 fully saturated rings. The van der Waals surface area contributed by atoms with E-state index in [9.17, 15) is 4.79 Å². The Morgan fingerprint density at radius 1 is 1.21 bits per heavy atom. The zero-order chi connectivity index (χ0) is 9.97. The van der Waals surface area contributed by atoms with E-state index in [0.717, 1.165) is 17.4 Å². The van der Waals surface area contributed by atoms with Crippen LogP contribution in [0.1, 0.15) is 16.1 Å². The van der Waals surface area contributed by atoms with Crippen LogP contribution in [0, 0.1) is 6.92 Å². The largest absolute Gasteiger partial charge is 0.358 e. The molecule has 2 heteroatoms. The molecule has 70 valence electrons. The fourth-order valence-corrected chi connectivity index (χ4v) is 1.47. The predicted octanol–water partition coefficient (Wildman–Crippen LogP) is 2.80. The van der Waals surface area contributed by atoms with Crippen molar-refractivity contribution in [3.8, 4) is 11.1 Å². The summed E-state index contributed by atoms with van der Waals surface area (Å²) in [6.07, 6.45) is 2.66. The van der Waals surface area contributed by atoms with Gasteiger partial charge in [-0.15, -0.1) is 0 Å². The summed E-state index contributed by atoms with van der Waals surface area (Å²) in [4.78, 5) is 13.4. The van der Waals surface area contributed by atoms with Crippen LogP contribution in [0.4, 0.5) is 0 Å². The van der Waals surface area contributed by atoms with E-state index >= 15 is 0 Å². The van der Waals surface area contributed by atoms with E-state index in [2.05, 4.69) is 24.0 Å². The molecule has 0 saturated carbocycles. The zero-order valence-corrected chi connectivity index (χ0v) is 7.95. The van der Waals surface area contributed by atoms with E-state index < -0.39 is 0 Å². The van der Waals surface area contributed by atoms with E-state index in [1.807, 2.05) is 24.4 Å². The van der Waals surface area contributed by atoms with Gasteiger partial charge in [0.15, 0.2) is 6.29 Å². The van der Waals surface area contributed by atoms with Gasteiger partial charge >= 0.3 is 0 Å². The van der Waals surface area contributed by atoms with Gasteiger partial charge in [0.25, 0.3) is 0 Å². The third kappa shape index (κ3) is 1.59. The molecule has 0 aliphatic heterocycles. The summed E-state index contributed by atoms with van der Waals surface area (Å²) in [5, 5.41) is 0. The Hall–Kier alpha value is -1.83. The first-order chi connectivity index (χ1) is 6.79. The number of carbonyl (C=O) groups is 1. The summed E-state index contributed by atoms with van der Waals surface area (Å²) < 4.78 is 0. The van der Waals surface area contributed by atoms with Crippen molar-refractivity contribution in [2.75, 3.05) is 0 Å². The number of rotatable bonds is 2. The number of aldehydes is 1. The molecule has 0 radical (unpaired) electrons. The van der Waals surface area contributed by atoms with Crippen molar-refractivity contribution in [1.82, 2.24) is 4.98 Å². The van der Waals surface area contributed by atoms with E-state index in [1.165, 1.54) is 5.56 Å². The lowest BCUT2D eigenvalue weighted by Crippen LogP contribution is -1.76. The van der Waals surface area contributed by atoms with Crippen molar-refractivity contribution in [3.05, 3.63) is 47.8 Å². The first-order valence-electron chi connectivity index (χ1n) is 4.50. The fraction of sp³-hybridized carbons (Fsp3) is 0.0833. The molecule has 2 rings (SSSR count). The van der Waals surface area contributed by atoms with Crippen LogP contribution in [0.3, 0.4) is 0 Å². The van der Waals surface area contributed by atoms with Gasteiger partial charge in [0.2, 0.25) is 0 Å². The second-order valence-corrected chi connectivity index (χ2v) is 3.33. The van der Waals surface area contributed by atoms with Gasteiger partial charge in [-0.05, 0) is 24.1 Å². The van der Waals surface area contributed by atoms with Crippen LogP contribution in [0.2, 0.25) is 0 Å². The average Bonchev–Trinajstić information content (AvgIpc) is 2.66. The van der Waals surface area contributed by atoms with E-state index in [4.69, 9.17) is 0 Å². The standard InChI is InChI=1S/C12H11NO/c1-9-3-2-4-10(5-9)11-6-12(8-14)13-7-11/h2-8,13H,1H3. The third-order valence-corrected chi connectivity index (χ3v) is 2.18. The maximum atomic E-state index is 10.5. The van der Waals surface area contributed by atoms with Crippen LogP contribution in [0.25, 0.3) is 11.1 Å². The molecule has 1 N–H and O–H groups in total. The van der Waals surface area contributed by atoms with Crippen molar-refractivity contribution in [2.24, 2.45) is 0 Å². The van der Waals surface area contributed by atoms with Gasteiger partial charge < -0.3 is 4.98 Å². The first-order valence-corrected chi connectivity index (χ1v) is 4.50. The van der Waals surface area contributed by atoms with Crippen LogP contribution < -0.4 is 0 Å². The molecule has 0 aliphatic rings. The van der Waals surface area contributed by atoms with Crippen molar-refractivity contribution >= 4 is 6.29 Å². The first kappa shape index (κ1) is 8.75. The van der Waals surface area contributed by atoms with E-state index in [-0.39, 0.29) is 0 Å². The predicted molar refractivity (Wildman–Crippen MR) is 56.4 cm³/mol. The Morgan fingerprint density at radius 2 is 2.07 bits per heavy atom. The highest BCUT2D eigenvalue weighted by Crippen LogP contribution is 2.20. The molecule has 1 aromatic heterocycles. The second-order valence-electron chi connectivity index (χ2n) is 3.33. The number of aryl methyl sites for hydroxylation is 1. The van der Waals surface area contributed by atoms with Gasteiger partial charge in [-0.2, -0.15) is 0 Å². The number of benzene rings is 1. The minimum absolute atomic E-state index is 0.613. The Bertz CT molecular complexity index is 457. The molecule has 0 unspecified atom stereocenters. The average molecular weight is 185 g/mol. The molecule has 0 amide bonds. The van der Waals surface area contributed by atoms with Crippen molar-refractivity contribution in [3.63, 3.8) is 0 Å². The van der Waals surface area contributed by atoms with Crippen molar-refractivity contribution in [1.29, 1.82) is 0 Å². The lowest BCUT2D eigenvalue weighted by Gasteiger charge is -1.97. The number of hydrogen-bond donors (Lipinski definition) is 1. The number of hydrogen-bond acceptors (Lipinski definition) is 1. The zero-order valence-electron chi connectivity index (χ0n) is 7.95. The second kappa shape index (κ2) is 3.50. The lowest BCUT2D eigenvalue weighted by atomic mass is 10.1. The minimum Gasteiger partial charge on any atom is -0.358 e. The third-order valence-electron chi connectivity index (χ3n) is 2.18. The molecule has 2 aromatic rings. The van der Waals surface area contributed by atoms with Crippen LogP contribution in [0.5, 0.6) is 0 Å². The molecule has 0 atom stereocenters. The Balaban J connectivity index is 2.43. The van der Waals surface area contributed by atoms with Crippen LogP contribution in [-0.2, 0) is 0 Å². The van der Waals surface area contributed by atoms with Gasteiger partial charge in [-0.3, -0.25) is 4.79 Å². The Kier molecular flexibility index (Phi) is 2.19. The number of carbonyl (C=O) groups excluding carboxylic acids is 1.